The van der Waals surface area contributed by atoms with Gasteiger partial charge in [-0.1, -0.05) is 28.4 Å². The summed E-state index contributed by atoms with van der Waals surface area (Å²) in [5.74, 6) is -4.44. The standard InChI is InChI=1S/C22H20Cl2F3N3O5S/c1-2-34-21-19(30-8-16(28-29-30)10-5-14(25)18(27)15(26)6-10)20(32)17(9-31)35-22(21)36(33)11-3-4-12(23)13(24)7-11/h3-8,17,19-22,31-32H,2,9H2,1H3/t17-,19+,20+,21-,22-,36+/m1/s1. The Balaban J connectivity index is 1.74. The fraction of sp³-hybridized carbons (Fsp3) is 0.364. The molecular weight excluding hydrogens is 546 g/mol. The Morgan fingerprint density at radius 2 is 1.86 bits per heavy atom. The Kier molecular flexibility index (Phi) is 8.35. The summed E-state index contributed by atoms with van der Waals surface area (Å²) in [5, 5.41) is 29.1. The number of halogens is 5. The number of aromatic nitrogens is 3. The zero-order valence-corrected chi connectivity index (χ0v) is 20.9. The lowest BCUT2D eigenvalue weighted by molar-refractivity contribution is -0.193. The van der Waals surface area contributed by atoms with Gasteiger partial charge in [0.05, 0.1) is 33.6 Å². The van der Waals surface area contributed by atoms with Crippen LogP contribution in [0.2, 0.25) is 10.0 Å². The number of ether oxygens (including phenoxy) is 2. The summed E-state index contributed by atoms with van der Waals surface area (Å²) in [6.07, 6.45) is -2.38. The van der Waals surface area contributed by atoms with Gasteiger partial charge < -0.3 is 19.7 Å². The predicted octanol–water partition coefficient (Wildman–Crippen LogP) is 3.50. The van der Waals surface area contributed by atoms with Crippen molar-refractivity contribution in [2.75, 3.05) is 13.2 Å². The maximum atomic E-state index is 13.7. The zero-order valence-electron chi connectivity index (χ0n) is 18.5. The van der Waals surface area contributed by atoms with E-state index >= 15 is 0 Å². The molecule has 1 saturated heterocycles. The summed E-state index contributed by atoms with van der Waals surface area (Å²) in [6, 6.07) is 4.80. The SMILES string of the molecule is CCO[C@@H]1[C@@H](n2cc(-c3cc(F)c(F)c(F)c3)nn2)[C@@H](O)[C@@H](CO)O[C@@H]1[S@@](=O)c1ccc(Cl)c(Cl)c1. The van der Waals surface area contributed by atoms with Gasteiger partial charge in [0.15, 0.2) is 22.9 Å². The lowest BCUT2D eigenvalue weighted by atomic mass is 9.97. The number of nitrogens with zero attached hydrogens (tertiary/aromatic N) is 3. The van der Waals surface area contributed by atoms with Crippen molar-refractivity contribution in [3.63, 3.8) is 0 Å². The molecule has 2 N–H and O–H groups in total. The van der Waals surface area contributed by atoms with Crippen LogP contribution in [0.5, 0.6) is 0 Å². The van der Waals surface area contributed by atoms with Crippen molar-refractivity contribution in [2.24, 2.45) is 0 Å². The van der Waals surface area contributed by atoms with Crippen LogP contribution in [-0.4, -0.2) is 66.4 Å². The molecule has 2 heterocycles. The van der Waals surface area contributed by atoms with Crippen molar-refractivity contribution in [1.82, 2.24) is 15.0 Å². The minimum absolute atomic E-state index is 0.0237. The second kappa shape index (κ2) is 11.1. The average molecular weight is 566 g/mol. The predicted molar refractivity (Wildman–Crippen MR) is 124 cm³/mol. The number of aliphatic hydroxyl groups is 2. The van der Waals surface area contributed by atoms with E-state index in [1.54, 1.807) is 6.92 Å². The Bertz CT molecular complexity index is 1260. The number of hydrogen-bond acceptors (Lipinski definition) is 7. The van der Waals surface area contributed by atoms with E-state index < -0.39 is 64.6 Å². The van der Waals surface area contributed by atoms with E-state index in [9.17, 15) is 27.6 Å². The molecule has 0 saturated carbocycles. The highest BCUT2D eigenvalue weighted by atomic mass is 35.5. The molecule has 3 aromatic rings. The maximum absolute atomic E-state index is 13.7. The molecule has 2 aromatic carbocycles. The van der Waals surface area contributed by atoms with E-state index in [1.807, 2.05) is 0 Å². The van der Waals surface area contributed by atoms with Gasteiger partial charge in [-0.05, 0) is 37.3 Å². The first-order valence-electron chi connectivity index (χ1n) is 10.6. The lowest BCUT2D eigenvalue weighted by Crippen LogP contribution is -2.58. The molecule has 6 atom stereocenters. The van der Waals surface area contributed by atoms with E-state index in [0.717, 1.165) is 12.1 Å². The fourth-order valence-electron chi connectivity index (χ4n) is 3.90. The van der Waals surface area contributed by atoms with E-state index in [-0.39, 0.29) is 32.8 Å². The van der Waals surface area contributed by atoms with Crippen LogP contribution in [-0.2, 0) is 20.3 Å². The van der Waals surface area contributed by atoms with Gasteiger partial charge in [-0.15, -0.1) is 5.10 Å². The normalized spacial score (nSPS) is 25.2. The summed E-state index contributed by atoms with van der Waals surface area (Å²) < 4.78 is 67.1. The molecule has 194 valence electrons. The second-order valence-corrected chi connectivity index (χ2v) is 10.2. The quantitative estimate of drug-likeness (QED) is 0.422. The largest absolute Gasteiger partial charge is 0.394 e. The molecule has 4 rings (SSSR count). The van der Waals surface area contributed by atoms with Gasteiger partial charge in [0.25, 0.3) is 0 Å². The first kappa shape index (κ1) is 27.0. The van der Waals surface area contributed by atoms with Crippen molar-refractivity contribution in [3.05, 3.63) is 64.0 Å². The Morgan fingerprint density at radius 1 is 1.17 bits per heavy atom. The van der Waals surface area contributed by atoms with E-state index in [0.29, 0.717) is 0 Å². The highest BCUT2D eigenvalue weighted by Gasteiger charge is 2.50. The fourth-order valence-corrected chi connectivity index (χ4v) is 5.69. The molecule has 0 amide bonds. The van der Waals surface area contributed by atoms with Gasteiger partial charge in [-0.2, -0.15) is 0 Å². The summed E-state index contributed by atoms with van der Waals surface area (Å²) >= 11 is 12.0. The first-order chi connectivity index (χ1) is 17.2. The minimum atomic E-state index is -1.90. The minimum Gasteiger partial charge on any atom is -0.394 e. The molecule has 1 aliphatic heterocycles. The Labute approximate surface area is 216 Å². The molecule has 14 heteroatoms. The van der Waals surface area contributed by atoms with Crippen LogP contribution in [0.4, 0.5) is 13.2 Å². The molecule has 0 aliphatic carbocycles. The second-order valence-electron chi connectivity index (χ2n) is 7.84. The van der Waals surface area contributed by atoms with Crippen molar-refractivity contribution in [2.45, 2.75) is 41.6 Å². The molecule has 1 fully saturated rings. The number of benzene rings is 2. The molecule has 8 nitrogen and oxygen atoms in total. The van der Waals surface area contributed by atoms with Crippen LogP contribution in [0.25, 0.3) is 11.3 Å². The van der Waals surface area contributed by atoms with Gasteiger partial charge in [0.1, 0.15) is 30.0 Å². The number of hydrogen-bond donors (Lipinski definition) is 2. The van der Waals surface area contributed by atoms with Crippen LogP contribution in [0.1, 0.15) is 13.0 Å². The summed E-state index contributed by atoms with van der Waals surface area (Å²) in [4.78, 5) is 0.266. The van der Waals surface area contributed by atoms with Crippen LogP contribution >= 0.6 is 23.2 Å². The summed E-state index contributed by atoms with van der Waals surface area (Å²) in [7, 11) is -1.90. The molecule has 36 heavy (non-hydrogen) atoms. The Hall–Kier alpha value is -2.06. The molecule has 0 unspecified atom stereocenters. The van der Waals surface area contributed by atoms with Crippen molar-refractivity contribution in [1.29, 1.82) is 0 Å². The first-order valence-corrected chi connectivity index (χ1v) is 12.6. The topological polar surface area (TPSA) is 107 Å². The van der Waals surface area contributed by atoms with Gasteiger partial charge >= 0.3 is 0 Å². The smallest absolute Gasteiger partial charge is 0.194 e. The lowest BCUT2D eigenvalue weighted by Gasteiger charge is -2.43. The number of aliphatic hydroxyl groups excluding tert-OH is 2. The van der Waals surface area contributed by atoms with Gasteiger partial charge in [-0.25, -0.2) is 17.9 Å². The van der Waals surface area contributed by atoms with Crippen molar-refractivity contribution < 1.29 is 37.1 Å². The maximum Gasteiger partial charge on any atom is 0.194 e. The third-order valence-electron chi connectivity index (χ3n) is 5.61. The zero-order chi connectivity index (χ0) is 26.1. The van der Waals surface area contributed by atoms with Crippen LogP contribution in [0.15, 0.2) is 41.4 Å². The third kappa shape index (κ3) is 5.17. The highest BCUT2D eigenvalue weighted by molar-refractivity contribution is 7.85. The van der Waals surface area contributed by atoms with E-state index in [1.165, 1.54) is 29.1 Å². The van der Waals surface area contributed by atoms with E-state index in [2.05, 4.69) is 10.3 Å². The van der Waals surface area contributed by atoms with Crippen LogP contribution in [0, 0.1) is 17.5 Å². The molecule has 1 aliphatic rings. The number of rotatable bonds is 7. The summed E-state index contributed by atoms with van der Waals surface area (Å²) in [6.45, 7) is 1.19. The van der Waals surface area contributed by atoms with Gasteiger partial charge in [-0.3, -0.25) is 4.21 Å². The van der Waals surface area contributed by atoms with E-state index in [4.69, 9.17) is 32.7 Å². The van der Waals surface area contributed by atoms with Crippen molar-refractivity contribution >= 4 is 34.0 Å². The Morgan fingerprint density at radius 3 is 2.47 bits per heavy atom. The molecular formula is C22H20Cl2F3N3O5S. The average Bonchev–Trinajstić information content (AvgIpc) is 3.34. The van der Waals surface area contributed by atoms with Crippen LogP contribution in [0.3, 0.4) is 0 Å². The summed E-state index contributed by atoms with van der Waals surface area (Å²) in [5.41, 5.74) is -1.31. The molecule has 0 radical (unpaired) electrons. The third-order valence-corrected chi connectivity index (χ3v) is 7.87. The van der Waals surface area contributed by atoms with Gasteiger partial charge in [0, 0.05) is 17.1 Å². The molecule has 0 bridgehead atoms. The molecule has 0 spiro atoms. The van der Waals surface area contributed by atoms with Crippen molar-refractivity contribution in [3.8, 4) is 11.3 Å². The van der Waals surface area contributed by atoms with Crippen LogP contribution < -0.4 is 0 Å². The molecule has 1 aromatic heterocycles. The van der Waals surface area contributed by atoms with Gasteiger partial charge in [0.2, 0.25) is 0 Å². The highest BCUT2D eigenvalue weighted by Crippen LogP contribution is 2.36. The monoisotopic (exact) mass is 565 g/mol.